The van der Waals surface area contributed by atoms with Gasteiger partial charge in [0.1, 0.15) is 0 Å². The summed E-state index contributed by atoms with van der Waals surface area (Å²) in [5.74, 6) is 0.713. The molecule has 1 rings (SSSR count). The van der Waals surface area contributed by atoms with Crippen LogP contribution in [0.1, 0.15) is 32.6 Å². The van der Waals surface area contributed by atoms with Crippen LogP contribution < -0.4 is 5.32 Å². The van der Waals surface area contributed by atoms with Crippen molar-refractivity contribution in [3.05, 3.63) is 0 Å². The van der Waals surface area contributed by atoms with Gasteiger partial charge in [-0.1, -0.05) is 0 Å². The van der Waals surface area contributed by atoms with E-state index in [0.717, 1.165) is 72.0 Å². The molecule has 18 heavy (non-hydrogen) atoms. The zero-order valence-corrected chi connectivity index (χ0v) is 11.8. The third-order valence-electron chi connectivity index (χ3n) is 3.21. The molecule has 4 heteroatoms. The normalized spacial score (nSPS) is 17.2. The van der Waals surface area contributed by atoms with Gasteiger partial charge in [0, 0.05) is 39.6 Å². The highest BCUT2D eigenvalue weighted by atomic mass is 16.5. The molecule has 0 saturated carbocycles. The van der Waals surface area contributed by atoms with Crippen LogP contribution in [0.5, 0.6) is 0 Å². The van der Waals surface area contributed by atoms with Crippen LogP contribution in [-0.4, -0.2) is 52.7 Å². The molecule has 0 aromatic heterocycles. The van der Waals surface area contributed by atoms with Crippen molar-refractivity contribution in [2.45, 2.75) is 32.6 Å². The third kappa shape index (κ3) is 8.86. The second-order valence-electron chi connectivity index (χ2n) is 4.78. The Labute approximate surface area is 111 Å². The molecule has 4 nitrogen and oxygen atoms in total. The quantitative estimate of drug-likeness (QED) is 0.575. The average Bonchev–Trinajstić information content (AvgIpc) is 2.42. The van der Waals surface area contributed by atoms with Gasteiger partial charge in [-0.25, -0.2) is 0 Å². The molecule has 1 saturated heterocycles. The summed E-state index contributed by atoms with van der Waals surface area (Å²) in [6, 6.07) is 0. The smallest absolute Gasteiger partial charge is 0.0591 e. The van der Waals surface area contributed by atoms with Gasteiger partial charge < -0.3 is 19.5 Å². The molecule has 1 aliphatic heterocycles. The lowest BCUT2D eigenvalue weighted by Gasteiger charge is -2.21. The molecule has 1 heterocycles. The largest absolute Gasteiger partial charge is 0.382 e. The summed E-state index contributed by atoms with van der Waals surface area (Å²) in [6.07, 6.45) is 4.64. The molecule has 1 aliphatic rings. The summed E-state index contributed by atoms with van der Waals surface area (Å²) in [5.41, 5.74) is 0. The van der Waals surface area contributed by atoms with Gasteiger partial charge in [0.2, 0.25) is 0 Å². The lowest BCUT2D eigenvalue weighted by atomic mass is 10.0. The molecule has 108 valence electrons. The molecule has 0 aromatic rings. The highest BCUT2D eigenvalue weighted by molar-refractivity contribution is 4.62. The molecule has 0 aromatic carbocycles. The van der Waals surface area contributed by atoms with Crippen LogP contribution in [0.3, 0.4) is 0 Å². The molecule has 1 fully saturated rings. The molecular formula is C14H29NO3. The van der Waals surface area contributed by atoms with Crippen molar-refractivity contribution in [3.8, 4) is 0 Å². The number of hydrogen-bond donors (Lipinski definition) is 1. The van der Waals surface area contributed by atoms with Gasteiger partial charge in [-0.3, -0.25) is 0 Å². The van der Waals surface area contributed by atoms with E-state index in [4.69, 9.17) is 14.2 Å². The first-order valence-corrected chi connectivity index (χ1v) is 7.37. The Morgan fingerprint density at radius 2 is 1.89 bits per heavy atom. The number of nitrogens with one attached hydrogen (secondary N) is 1. The molecule has 0 atom stereocenters. The Balaban J connectivity index is 1.73. The highest BCUT2D eigenvalue weighted by Crippen LogP contribution is 2.14. The van der Waals surface area contributed by atoms with Gasteiger partial charge in [0.15, 0.2) is 0 Å². The molecule has 0 amide bonds. The van der Waals surface area contributed by atoms with Crippen LogP contribution >= 0.6 is 0 Å². The molecule has 0 bridgehead atoms. The fourth-order valence-electron chi connectivity index (χ4n) is 2.03. The van der Waals surface area contributed by atoms with Gasteiger partial charge in [0.25, 0.3) is 0 Å². The van der Waals surface area contributed by atoms with Crippen molar-refractivity contribution in [2.24, 2.45) is 5.92 Å². The van der Waals surface area contributed by atoms with Crippen LogP contribution in [0.25, 0.3) is 0 Å². The molecular weight excluding hydrogens is 230 g/mol. The molecule has 0 unspecified atom stereocenters. The van der Waals surface area contributed by atoms with Crippen molar-refractivity contribution < 1.29 is 14.2 Å². The minimum atomic E-state index is 0.713. The van der Waals surface area contributed by atoms with Gasteiger partial charge in [0.05, 0.1) is 6.61 Å². The maximum Gasteiger partial charge on any atom is 0.0591 e. The van der Waals surface area contributed by atoms with Crippen LogP contribution in [0.2, 0.25) is 0 Å². The van der Waals surface area contributed by atoms with E-state index < -0.39 is 0 Å². The van der Waals surface area contributed by atoms with Gasteiger partial charge in [-0.2, -0.15) is 0 Å². The highest BCUT2D eigenvalue weighted by Gasteiger charge is 2.13. The Morgan fingerprint density at radius 1 is 1.06 bits per heavy atom. The number of rotatable bonds is 11. The first kappa shape index (κ1) is 15.9. The van der Waals surface area contributed by atoms with Crippen LogP contribution in [0, 0.1) is 5.92 Å². The Kier molecular flexibility index (Phi) is 10.5. The maximum atomic E-state index is 5.68. The zero-order valence-electron chi connectivity index (χ0n) is 11.8. The third-order valence-corrected chi connectivity index (χ3v) is 3.21. The summed E-state index contributed by atoms with van der Waals surface area (Å²) in [6.45, 7) is 9.31. The average molecular weight is 259 g/mol. The Morgan fingerprint density at radius 3 is 2.67 bits per heavy atom. The standard InChI is InChI=1S/C14H29NO3/c1-2-16-9-4-3-7-15-8-12-18-13-14-5-10-17-11-6-14/h14-15H,2-13H2,1H3. The SMILES string of the molecule is CCOCCCCNCCOCC1CCOCC1. The van der Waals surface area contributed by atoms with Gasteiger partial charge in [-0.15, -0.1) is 0 Å². The van der Waals surface area contributed by atoms with E-state index in [2.05, 4.69) is 5.32 Å². The van der Waals surface area contributed by atoms with Crippen LogP contribution in [0.15, 0.2) is 0 Å². The van der Waals surface area contributed by atoms with E-state index in [-0.39, 0.29) is 0 Å². The van der Waals surface area contributed by atoms with E-state index in [9.17, 15) is 0 Å². The predicted octanol–water partition coefficient (Wildman–Crippen LogP) is 1.84. The van der Waals surface area contributed by atoms with Gasteiger partial charge in [-0.05, 0) is 45.1 Å². The van der Waals surface area contributed by atoms with Crippen LogP contribution in [0.4, 0.5) is 0 Å². The summed E-state index contributed by atoms with van der Waals surface area (Å²) < 4.78 is 16.3. The number of ether oxygens (including phenoxy) is 3. The number of hydrogen-bond acceptors (Lipinski definition) is 4. The predicted molar refractivity (Wildman–Crippen MR) is 73.0 cm³/mol. The summed E-state index contributed by atoms with van der Waals surface area (Å²) >= 11 is 0. The lowest BCUT2D eigenvalue weighted by molar-refractivity contribution is 0.0214. The fraction of sp³-hybridized carbons (Fsp3) is 1.00. The topological polar surface area (TPSA) is 39.7 Å². The molecule has 0 radical (unpaired) electrons. The summed E-state index contributed by atoms with van der Waals surface area (Å²) in [7, 11) is 0. The first-order valence-electron chi connectivity index (χ1n) is 7.37. The van der Waals surface area contributed by atoms with E-state index >= 15 is 0 Å². The van der Waals surface area contributed by atoms with Crippen LogP contribution in [-0.2, 0) is 14.2 Å². The minimum Gasteiger partial charge on any atom is -0.382 e. The molecule has 0 spiro atoms. The van der Waals surface area contributed by atoms with E-state index in [1.807, 2.05) is 6.92 Å². The van der Waals surface area contributed by atoms with E-state index in [0.29, 0.717) is 5.92 Å². The Bertz CT molecular complexity index is 172. The Hall–Kier alpha value is -0.160. The first-order chi connectivity index (χ1) is 8.93. The zero-order chi connectivity index (χ0) is 12.9. The number of unbranched alkanes of at least 4 members (excludes halogenated alkanes) is 1. The molecule has 1 N–H and O–H groups in total. The van der Waals surface area contributed by atoms with Crippen molar-refractivity contribution in [2.75, 3.05) is 52.7 Å². The van der Waals surface area contributed by atoms with Crippen molar-refractivity contribution >= 4 is 0 Å². The second-order valence-corrected chi connectivity index (χ2v) is 4.78. The van der Waals surface area contributed by atoms with E-state index in [1.54, 1.807) is 0 Å². The fourth-order valence-corrected chi connectivity index (χ4v) is 2.03. The molecule has 0 aliphatic carbocycles. The summed E-state index contributed by atoms with van der Waals surface area (Å²) in [4.78, 5) is 0. The monoisotopic (exact) mass is 259 g/mol. The second kappa shape index (κ2) is 11.9. The maximum absolute atomic E-state index is 5.68. The van der Waals surface area contributed by atoms with Crippen molar-refractivity contribution in [3.63, 3.8) is 0 Å². The van der Waals surface area contributed by atoms with Crippen molar-refractivity contribution in [1.29, 1.82) is 0 Å². The van der Waals surface area contributed by atoms with E-state index in [1.165, 1.54) is 6.42 Å². The van der Waals surface area contributed by atoms with Gasteiger partial charge >= 0.3 is 0 Å². The minimum absolute atomic E-state index is 0.713. The lowest BCUT2D eigenvalue weighted by Crippen LogP contribution is -2.24. The van der Waals surface area contributed by atoms with Crippen molar-refractivity contribution in [1.82, 2.24) is 5.32 Å². The summed E-state index contributed by atoms with van der Waals surface area (Å²) in [5, 5.41) is 3.39.